The number of aryl methyl sites for hydroxylation is 1. The number of amides is 1. The maximum atomic E-state index is 13.1. The molecule has 0 aliphatic rings. The first-order valence-electron chi connectivity index (χ1n) is 7.81. The Hall–Kier alpha value is -2.31. The summed E-state index contributed by atoms with van der Waals surface area (Å²) in [6.07, 6.45) is 1.27. The van der Waals surface area contributed by atoms with Crippen LogP contribution in [0.3, 0.4) is 0 Å². The molecule has 0 spiro atoms. The highest BCUT2D eigenvalue weighted by Gasteiger charge is 2.30. The Kier molecular flexibility index (Phi) is 6.10. The molecule has 0 aliphatic carbocycles. The minimum atomic E-state index is -4.11. The van der Waals surface area contributed by atoms with E-state index in [9.17, 15) is 13.2 Å². The van der Waals surface area contributed by atoms with E-state index in [0.717, 1.165) is 9.87 Å². The van der Waals surface area contributed by atoms with Crippen molar-refractivity contribution >= 4 is 33.2 Å². The number of nitrogens with zero attached hydrogens (tertiary/aromatic N) is 1. The van der Waals surface area contributed by atoms with Crippen molar-refractivity contribution in [3.8, 4) is 5.75 Å². The summed E-state index contributed by atoms with van der Waals surface area (Å²) in [7, 11) is -2.66. The molecule has 0 saturated heterocycles. The first-order valence-corrected chi connectivity index (χ1v) is 9.63. The number of methoxy groups -OCH3 is 1. The van der Waals surface area contributed by atoms with Gasteiger partial charge in [-0.2, -0.15) is 4.31 Å². The highest BCUT2D eigenvalue weighted by Crippen LogP contribution is 2.32. The number of carbonyl (C=O) groups is 1. The minimum Gasteiger partial charge on any atom is -0.495 e. The van der Waals surface area contributed by atoms with Crippen molar-refractivity contribution in [1.82, 2.24) is 0 Å². The quantitative estimate of drug-likeness (QED) is 0.708. The summed E-state index contributed by atoms with van der Waals surface area (Å²) in [5, 5.41) is 0.208. The zero-order valence-electron chi connectivity index (χ0n) is 15.0. The van der Waals surface area contributed by atoms with E-state index in [-0.39, 0.29) is 15.6 Å². The van der Waals surface area contributed by atoms with Crippen molar-refractivity contribution in [3.05, 3.63) is 64.7 Å². The van der Waals surface area contributed by atoms with Gasteiger partial charge in [0.05, 0.1) is 22.7 Å². The molecule has 7 heteroatoms. The first-order chi connectivity index (χ1) is 12.2. The summed E-state index contributed by atoms with van der Waals surface area (Å²) in [6, 6.07) is 10.7. The molecule has 0 bridgehead atoms. The lowest BCUT2D eigenvalue weighted by atomic mass is 10.2. The molecule has 0 heterocycles. The Morgan fingerprint density at radius 2 is 1.73 bits per heavy atom. The molecule has 138 valence electrons. The summed E-state index contributed by atoms with van der Waals surface area (Å²) in [4.78, 5) is 12.7. The van der Waals surface area contributed by atoms with Crippen LogP contribution >= 0.6 is 11.6 Å². The third-order valence-corrected chi connectivity index (χ3v) is 5.58. The predicted octanol–water partition coefficient (Wildman–Crippen LogP) is 4.35. The van der Waals surface area contributed by atoms with E-state index in [4.69, 9.17) is 16.3 Å². The average molecular weight is 394 g/mol. The Bertz CT molecular complexity index is 946. The Balaban J connectivity index is 2.65. The van der Waals surface area contributed by atoms with Crippen LogP contribution in [0.2, 0.25) is 5.02 Å². The molecular formula is C19H20ClNO4S. The SMILES string of the molecule is COc1ccc(N(C(=O)C=C(C)C)S(=O)(=O)c2ccc(C)cc2)cc1Cl. The van der Waals surface area contributed by atoms with E-state index in [1.165, 1.54) is 43.5 Å². The lowest BCUT2D eigenvalue weighted by Gasteiger charge is -2.22. The fourth-order valence-electron chi connectivity index (χ4n) is 2.29. The second-order valence-electron chi connectivity index (χ2n) is 5.96. The topological polar surface area (TPSA) is 63.7 Å². The van der Waals surface area contributed by atoms with Crippen LogP contribution in [0.25, 0.3) is 0 Å². The highest BCUT2D eigenvalue weighted by atomic mass is 35.5. The van der Waals surface area contributed by atoms with Gasteiger partial charge in [0.1, 0.15) is 5.75 Å². The summed E-state index contributed by atoms with van der Waals surface area (Å²) >= 11 is 6.13. The van der Waals surface area contributed by atoms with Crippen molar-refractivity contribution < 1.29 is 17.9 Å². The van der Waals surface area contributed by atoms with Gasteiger partial charge in [-0.25, -0.2) is 8.42 Å². The van der Waals surface area contributed by atoms with Gasteiger partial charge >= 0.3 is 0 Å². The Morgan fingerprint density at radius 3 is 2.23 bits per heavy atom. The van der Waals surface area contributed by atoms with Crippen molar-refractivity contribution in [2.45, 2.75) is 25.7 Å². The first kappa shape index (κ1) is 20.0. The van der Waals surface area contributed by atoms with E-state index in [0.29, 0.717) is 11.3 Å². The molecule has 5 nitrogen and oxygen atoms in total. The van der Waals surface area contributed by atoms with Crippen LogP contribution in [0, 0.1) is 6.92 Å². The maximum Gasteiger partial charge on any atom is 0.271 e. The summed E-state index contributed by atoms with van der Waals surface area (Å²) < 4.78 is 32.1. The number of allylic oxidation sites excluding steroid dienone is 1. The van der Waals surface area contributed by atoms with Gasteiger partial charge < -0.3 is 4.74 Å². The molecule has 2 aromatic rings. The Morgan fingerprint density at radius 1 is 1.12 bits per heavy atom. The molecule has 0 fully saturated rings. The molecule has 26 heavy (non-hydrogen) atoms. The average Bonchev–Trinajstić information content (AvgIpc) is 2.54. The number of hydrogen-bond donors (Lipinski definition) is 0. The minimum absolute atomic E-state index is 0.0190. The second kappa shape index (κ2) is 7.93. The molecule has 1 amide bonds. The van der Waals surface area contributed by atoms with Gasteiger partial charge in [0, 0.05) is 6.08 Å². The van der Waals surface area contributed by atoms with Crippen LogP contribution in [0.5, 0.6) is 5.75 Å². The third-order valence-electron chi connectivity index (χ3n) is 3.54. The van der Waals surface area contributed by atoms with Gasteiger partial charge in [0.15, 0.2) is 0 Å². The van der Waals surface area contributed by atoms with Crippen molar-refractivity contribution in [3.63, 3.8) is 0 Å². The molecule has 0 radical (unpaired) electrons. The number of sulfonamides is 1. The highest BCUT2D eigenvalue weighted by molar-refractivity contribution is 7.93. The number of carbonyl (C=O) groups excluding carboxylic acids is 1. The molecular weight excluding hydrogens is 374 g/mol. The van der Waals surface area contributed by atoms with Crippen molar-refractivity contribution in [2.24, 2.45) is 0 Å². The van der Waals surface area contributed by atoms with Gasteiger partial charge in [-0.3, -0.25) is 4.79 Å². The van der Waals surface area contributed by atoms with Crippen LogP contribution < -0.4 is 9.04 Å². The molecule has 0 aromatic heterocycles. The number of ether oxygens (including phenoxy) is 1. The van der Waals surface area contributed by atoms with E-state index >= 15 is 0 Å². The van der Waals surface area contributed by atoms with Crippen LogP contribution in [-0.4, -0.2) is 21.4 Å². The number of anilines is 1. The summed E-state index contributed by atoms with van der Waals surface area (Å²) in [5.41, 5.74) is 1.73. The monoisotopic (exact) mass is 393 g/mol. The number of benzene rings is 2. The van der Waals surface area contributed by atoms with Crippen LogP contribution in [0.1, 0.15) is 19.4 Å². The van der Waals surface area contributed by atoms with Crippen LogP contribution in [0.15, 0.2) is 59.0 Å². The second-order valence-corrected chi connectivity index (χ2v) is 8.16. The van der Waals surface area contributed by atoms with E-state index in [1.807, 2.05) is 6.92 Å². The molecule has 0 atom stereocenters. The fraction of sp³-hybridized carbons (Fsp3) is 0.211. The van der Waals surface area contributed by atoms with Gasteiger partial charge in [-0.15, -0.1) is 0 Å². The maximum absolute atomic E-state index is 13.1. The van der Waals surface area contributed by atoms with E-state index < -0.39 is 15.9 Å². The van der Waals surface area contributed by atoms with Crippen LogP contribution in [0.4, 0.5) is 5.69 Å². The Labute approximate surface area is 158 Å². The van der Waals surface area contributed by atoms with Crippen LogP contribution in [-0.2, 0) is 14.8 Å². The van der Waals surface area contributed by atoms with Gasteiger partial charge in [0.2, 0.25) is 0 Å². The van der Waals surface area contributed by atoms with E-state index in [1.54, 1.807) is 26.0 Å². The third kappa shape index (κ3) is 4.26. The molecule has 0 unspecified atom stereocenters. The molecule has 0 saturated carbocycles. The number of rotatable bonds is 5. The largest absolute Gasteiger partial charge is 0.495 e. The van der Waals surface area contributed by atoms with Crippen molar-refractivity contribution in [2.75, 3.05) is 11.4 Å². The van der Waals surface area contributed by atoms with Crippen molar-refractivity contribution in [1.29, 1.82) is 0 Å². The summed E-state index contributed by atoms with van der Waals surface area (Å²) in [5.74, 6) is -0.287. The molecule has 0 N–H and O–H groups in total. The lowest BCUT2D eigenvalue weighted by molar-refractivity contribution is -0.113. The zero-order valence-corrected chi connectivity index (χ0v) is 16.6. The zero-order chi connectivity index (χ0) is 19.5. The molecule has 0 aliphatic heterocycles. The van der Waals surface area contributed by atoms with Gasteiger partial charge in [-0.1, -0.05) is 34.9 Å². The smallest absolute Gasteiger partial charge is 0.271 e. The standard InChI is InChI=1S/C19H20ClNO4S/c1-13(2)11-19(22)21(15-7-10-18(25-4)17(20)12-15)26(23,24)16-8-5-14(3)6-9-16/h5-12H,1-4H3. The molecule has 2 rings (SSSR count). The normalized spacial score (nSPS) is 11.0. The molecule has 2 aromatic carbocycles. The fourth-order valence-corrected chi connectivity index (χ4v) is 3.91. The van der Waals surface area contributed by atoms with Gasteiger partial charge in [-0.05, 0) is 51.1 Å². The predicted molar refractivity (Wildman–Crippen MR) is 103 cm³/mol. The van der Waals surface area contributed by atoms with E-state index in [2.05, 4.69) is 0 Å². The number of halogens is 1. The lowest BCUT2D eigenvalue weighted by Crippen LogP contribution is -2.36. The van der Waals surface area contributed by atoms with Gasteiger partial charge in [0.25, 0.3) is 15.9 Å². The summed E-state index contributed by atoms with van der Waals surface area (Å²) in [6.45, 7) is 5.29. The number of hydrogen-bond acceptors (Lipinski definition) is 4.